The van der Waals surface area contributed by atoms with E-state index in [1.54, 1.807) is 25.8 Å². The quantitative estimate of drug-likeness (QED) is 0.758. The van der Waals surface area contributed by atoms with E-state index < -0.39 is 0 Å². The largest absolute Gasteiger partial charge is 0.495 e. The monoisotopic (exact) mass is 358 g/mol. The molecule has 26 heavy (non-hydrogen) atoms. The summed E-state index contributed by atoms with van der Waals surface area (Å²) in [5, 5.41) is 13.4. The van der Waals surface area contributed by atoms with Crippen molar-refractivity contribution in [2.75, 3.05) is 44.5 Å². The summed E-state index contributed by atoms with van der Waals surface area (Å²) in [6.45, 7) is 2.04. The molecule has 3 rings (SSSR count). The van der Waals surface area contributed by atoms with Crippen molar-refractivity contribution in [3.05, 3.63) is 36.4 Å². The lowest BCUT2D eigenvalue weighted by molar-refractivity contribution is 0.191. The van der Waals surface area contributed by atoms with E-state index in [2.05, 4.69) is 30.1 Å². The van der Waals surface area contributed by atoms with Gasteiger partial charge in [-0.15, -0.1) is 0 Å². The van der Waals surface area contributed by atoms with Crippen LogP contribution in [0.15, 0.2) is 30.9 Å². The molecule has 3 heterocycles. The van der Waals surface area contributed by atoms with Crippen molar-refractivity contribution in [3.8, 4) is 5.75 Å². The van der Waals surface area contributed by atoms with Crippen molar-refractivity contribution in [1.82, 2.24) is 19.9 Å². The van der Waals surface area contributed by atoms with Gasteiger partial charge in [-0.25, -0.2) is 9.97 Å². The topological polar surface area (TPSA) is 86.6 Å². The summed E-state index contributed by atoms with van der Waals surface area (Å²) in [6, 6.07) is 4.08. The number of aromatic nitrogens is 3. The summed E-state index contributed by atoms with van der Waals surface area (Å²) in [6.07, 6.45) is 5.41. The van der Waals surface area contributed by atoms with Gasteiger partial charge in [0.1, 0.15) is 23.7 Å². The van der Waals surface area contributed by atoms with Crippen LogP contribution in [0, 0.1) is 0 Å². The molecule has 2 atom stereocenters. The molecule has 0 saturated carbocycles. The van der Waals surface area contributed by atoms with Crippen molar-refractivity contribution in [2.45, 2.75) is 25.1 Å². The summed E-state index contributed by atoms with van der Waals surface area (Å²) in [4.78, 5) is 17.1. The van der Waals surface area contributed by atoms with Gasteiger partial charge in [-0.2, -0.15) is 0 Å². The summed E-state index contributed by atoms with van der Waals surface area (Å²) < 4.78 is 5.33. The standard InChI is InChI=1S/C18H26N6O2/c1-23(2)10-14-6-15(25)11-24(14)18-7-17(21-12-22-18)20-8-13-4-5-19-9-16(13)26-3/h4-5,7,9,12,14-15,25H,6,8,10-11H2,1-3H3,(H,20,21,22)/t14-,15-/m1/s1. The molecule has 0 spiro atoms. The van der Waals surface area contributed by atoms with Crippen LogP contribution in [0.1, 0.15) is 12.0 Å². The molecule has 0 radical (unpaired) electrons. The molecular weight excluding hydrogens is 332 g/mol. The molecule has 2 aromatic heterocycles. The Balaban J connectivity index is 1.71. The molecule has 1 fully saturated rings. The number of anilines is 2. The highest BCUT2D eigenvalue weighted by atomic mass is 16.5. The van der Waals surface area contributed by atoms with E-state index in [0.29, 0.717) is 13.1 Å². The zero-order valence-corrected chi connectivity index (χ0v) is 15.5. The Labute approximate surface area is 153 Å². The number of aliphatic hydroxyl groups is 1. The average Bonchev–Trinajstić information content (AvgIpc) is 3.00. The van der Waals surface area contributed by atoms with Crippen molar-refractivity contribution in [1.29, 1.82) is 0 Å². The number of rotatable bonds is 7. The van der Waals surface area contributed by atoms with Crippen LogP contribution in [-0.2, 0) is 6.54 Å². The fourth-order valence-corrected chi connectivity index (χ4v) is 3.29. The number of hydrogen-bond donors (Lipinski definition) is 2. The molecule has 1 saturated heterocycles. The highest BCUT2D eigenvalue weighted by Crippen LogP contribution is 2.26. The Morgan fingerprint density at radius 2 is 2.23 bits per heavy atom. The van der Waals surface area contributed by atoms with Gasteiger partial charge in [-0.05, 0) is 26.6 Å². The molecule has 1 aliphatic rings. The van der Waals surface area contributed by atoms with Gasteiger partial charge in [0, 0.05) is 43.5 Å². The molecule has 0 amide bonds. The zero-order chi connectivity index (χ0) is 18.5. The lowest BCUT2D eigenvalue weighted by atomic mass is 10.2. The normalized spacial score (nSPS) is 19.8. The van der Waals surface area contributed by atoms with E-state index in [1.807, 2.05) is 26.2 Å². The first-order valence-corrected chi connectivity index (χ1v) is 8.69. The summed E-state index contributed by atoms with van der Waals surface area (Å²) in [7, 11) is 5.71. The van der Waals surface area contributed by atoms with E-state index in [1.165, 1.54) is 0 Å². The minimum Gasteiger partial charge on any atom is -0.495 e. The highest BCUT2D eigenvalue weighted by molar-refractivity contribution is 5.51. The molecule has 0 aromatic carbocycles. The minimum absolute atomic E-state index is 0.239. The second-order valence-electron chi connectivity index (χ2n) is 6.76. The predicted molar refractivity (Wildman–Crippen MR) is 100 cm³/mol. The van der Waals surface area contributed by atoms with Crippen LogP contribution in [0.25, 0.3) is 0 Å². The lowest BCUT2D eigenvalue weighted by Crippen LogP contribution is -2.38. The predicted octanol–water partition coefficient (Wildman–Crippen LogP) is 0.993. The smallest absolute Gasteiger partial charge is 0.142 e. The second-order valence-corrected chi connectivity index (χ2v) is 6.76. The Hall–Kier alpha value is -2.45. The van der Waals surface area contributed by atoms with E-state index in [-0.39, 0.29) is 12.1 Å². The van der Waals surface area contributed by atoms with Crippen LogP contribution in [0.3, 0.4) is 0 Å². The molecule has 0 aliphatic carbocycles. The number of ether oxygens (including phenoxy) is 1. The molecular formula is C18H26N6O2. The third kappa shape index (κ3) is 4.39. The minimum atomic E-state index is -0.326. The van der Waals surface area contributed by atoms with Crippen LogP contribution in [0.5, 0.6) is 5.75 Å². The average molecular weight is 358 g/mol. The van der Waals surface area contributed by atoms with Gasteiger partial charge >= 0.3 is 0 Å². The highest BCUT2D eigenvalue weighted by Gasteiger charge is 2.32. The maximum Gasteiger partial charge on any atom is 0.142 e. The van der Waals surface area contributed by atoms with E-state index in [9.17, 15) is 5.11 Å². The summed E-state index contributed by atoms with van der Waals surface area (Å²) in [5.74, 6) is 2.30. The van der Waals surface area contributed by atoms with Gasteiger partial charge in [-0.3, -0.25) is 4.98 Å². The molecule has 2 N–H and O–H groups in total. The number of methoxy groups -OCH3 is 1. The number of nitrogens with zero attached hydrogens (tertiary/aromatic N) is 5. The molecule has 2 aromatic rings. The van der Waals surface area contributed by atoms with Gasteiger partial charge in [0.05, 0.1) is 19.4 Å². The first-order chi connectivity index (χ1) is 12.6. The van der Waals surface area contributed by atoms with Crippen molar-refractivity contribution >= 4 is 11.6 Å². The van der Waals surface area contributed by atoms with E-state index in [4.69, 9.17) is 4.74 Å². The first-order valence-electron chi connectivity index (χ1n) is 8.69. The Morgan fingerprint density at radius 3 is 3.00 bits per heavy atom. The Morgan fingerprint density at radius 1 is 1.38 bits per heavy atom. The van der Waals surface area contributed by atoms with Crippen molar-refractivity contribution < 1.29 is 9.84 Å². The van der Waals surface area contributed by atoms with E-state index >= 15 is 0 Å². The molecule has 140 valence electrons. The second kappa shape index (κ2) is 8.29. The van der Waals surface area contributed by atoms with Gasteiger partial charge in [0.15, 0.2) is 0 Å². The fraction of sp³-hybridized carbons (Fsp3) is 0.500. The van der Waals surface area contributed by atoms with Crippen LogP contribution < -0.4 is 15.0 Å². The number of hydrogen-bond acceptors (Lipinski definition) is 8. The van der Waals surface area contributed by atoms with E-state index in [0.717, 1.165) is 35.9 Å². The molecule has 0 bridgehead atoms. The third-order valence-electron chi connectivity index (χ3n) is 4.47. The lowest BCUT2D eigenvalue weighted by Gasteiger charge is -2.27. The van der Waals surface area contributed by atoms with Crippen molar-refractivity contribution in [3.63, 3.8) is 0 Å². The molecule has 0 unspecified atom stereocenters. The number of likely N-dealkylation sites (N-methyl/N-ethyl adjacent to an activating group) is 1. The summed E-state index contributed by atoms with van der Waals surface area (Å²) >= 11 is 0. The fourth-order valence-electron chi connectivity index (χ4n) is 3.29. The number of β-amino-alcohol motifs (C(OH)–C–C–N with tert-alkyl or cyclic N) is 1. The molecule has 8 heteroatoms. The van der Waals surface area contributed by atoms with Crippen LogP contribution in [-0.4, -0.2) is 71.4 Å². The number of nitrogens with one attached hydrogen (secondary N) is 1. The van der Waals surface area contributed by atoms with Gasteiger partial charge in [0.25, 0.3) is 0 Å². The van der Waals surface area contributed by atoms with Crippen LogP contribution >= 0.6 is 0 Å². The Bertz CT molecular complexity index is 726. The van der Waals surface area contributed by atoms with Gasteiger partial charge in [-0.1, -0.05) is 0 Å². The van der Waals surface area contributed by atoms with Crippen LogP contribution in [0.4, 0.5) is 11.6 Å². The van der Waals surface area contributed by atoms with Crippen LogP contribution in [0.2, 0.25) is 0 Å². The van der Waals surface area contributed by atoms with Gasteiger partial charge in [0.2, 0.25) is 0 Å². The van der Waals surface area contributed by atoms with Gasteiger partial charge < -0.3 is 25.0 Å². The molecule has 1 aliphatic heterocycles. The molecule has 8 nitrogen and oxygen atoms in total. The summed E-state index contributed by atoms with van der Waals surface area (Å²) in [5.41, 5.74) is 1.00. The number of pyridine rings is 1. The first kappa shape index (κ1) is 18.3. The maximum atomic E-state index is 10.1. The maximum absolute atomic E-state index is 10.1. The zero-order valence-electron chi connectivity index (χ0n) is 15.5. The van der Waals surface area contributed by atoms with Crippen molar-refractivity contribution in [2.24, 2.45) is 0 Å². The third-order valence-corrected chi connectivity index (χ3v) is 4.47. The SMILES string of the molecule is COc1cnccc1CNc1cc(N2C[C@H](O)C[C@@H]2CN(C)C)ncn1. The Kier molecular flexibility index (Phi) is 5.85. The number of aliphatic hydroxyl groups excluding tert-OH is 1.